The van der Waals surface area contributed by atoms with E-state index in [1.165, 1.54) is 11.8 Å². The standard InChI is InChI=1S/C11H14O2S2/c1-12-11(13-2,15-3)10(14)9-7-5-4-6-8-9/h4-8H,1-3H3. The number of hydrogen-bond donors (Lipinski definition) is 0. The highest BCUT2D eigenvalue weighted by Gasteiger charge is 2.34. The second-order valence-electron chi connectivity index (χ2n) is 2.86. The van der Waals surface area contributed by atoms with Gasteiger partial charge in [0.05, 0.1) is 4.86 Å². The van der Waals surface area contributed by atoms with E-state index in [1.54, 1.807) is 14.2 Å². The molecule has 0 bridgehead atoms. The van der Waals surface area contributed by atoms with E-state index in [0.29, 0.717) is 4.86 Å². The van der Waals surface area contributed by atoms with Crippen LogP contribution in [-0.4, -0.2) is 30.5 Å². The molecule has 0 aliphatic rings. The maximum Gasteiger partial charge on any atom is 0.256 e. The second-order valence-corrected chi connectivity index (χ2v) is 4.22. The molecule has 1 rings (SSSR count). The summed E-state index contributed by atoms with van der Waals surface area (Å²) in [5, 5.41) is -0.864. The van der Waals surface area contributed by atoms with Crippen LogP contribution in [-0.2, 0) is 9.47 Å². The summed E-state index contributed by atoms with van der Waals surface area (Å²) in [5.74, 6) is 0. The lowest BCUT2D eigenvalue weighted by Gasteiger charge is -2.29. The van der Waals surface area contributed by atoms with Crippen molar-refractivity contribution in [2.75, 3.05) is 20.5 Å². The minimum atomic E-state index is -0.864. The molecule has 0 saturated carbocycles. The van der Waals surface area contributed by atoms with Gasteiger partial charge in [-0.05, 0) is 11.8 Å². The summed E-state index contributed by atoms with van der Waals surface area (Å²) in [7, 11) is 3.18. The zero-order valence-corrected chi connectivity index (χ0v) is 10.7. The summed E-state index contributed by atoms with van der Waals surface area (Å²) >= 11 is 6.82. The van der Waals surface area contributed by atoms with Crippen molar-refractivity contribution in [2.24, 2.45) is 0 Å². The Hall–Kier alpha value is -0.420. The number of benzene rings is 1. The fourth-order valence-electron chi connectivity index (χ4n) is 1.29. The Morgan fingerprint density at radius 2 is 1.73 bits per heavy atom. The van der Waals surface area contributed by atoms with Crippen LogP contribution in [0.5, 0.6) is 0 Å². The van der Waals surface area contributed by atoms with Crippen molar-refractivity contribution in [2.45, 2.75) is 5.12 Å². The molecular formula is C11H14O2S2. The van der Waals surface area contributed by atoms with Gasteiger partial charge in [0.2, 0.25) is 0 Å². The Labute approximate surface area is 100.0 Å². The van der Waals surface area contributed by atoms with Gasteiger partial charge in [0.15, 0.2) is 0 Å². The molecule has 0 atom stereocenters. The Balaban J connectivity index is 3.01. The molecule has 0 N–H and O–H groups in total. The van der Waals surface area contributed by atoms with Crippen LogP contribution in [0.1, 0.15) is 5.56 Å². The molecule has 0 aromatic heterocycles. The molecule has 82 valence electrons. The molecule has 0 saturated heterocycles. The van der Waals surface area contributed by atoms with Crippen LogP contribution in [0, 0.1) is 0 Å². The van der Waals surface area contributed by atoms with Crippen LogP contribution in [0.15, 0.2) is 30.3 Å². The van der Waals surface area contributed by atoms with Crippen LogP contribution in [0.4, 0.5) is 0 Å². The van der Waals surface area contributed by atoms with Crippen molar-refractivity contribution in [1.29, 1.82) is 0 Å². The quantitative estimate of drug-likeness (QED) is 0.449. The second kappa shape index (κ2) is 5.61. The van der Waals surface area contributed by atoms with Gasteiger partial charge in [-0.25, -0.2) is 0 Å². The van der Waals surface area contributed by atoms with Crippen molar-refractivity contribution in [3.63, 3.8) is 0 Å². The summed E-state index contributed by atoms with van der Waals surface area (Å²) < 4.78 is 10.7. The van der Waals surface area contributed by atoms with Gasteiger partial charge in [0.1, 0.15) is 0 Å². The molecule has 2 nitrogen and oxygen atoms in total. The number of rotatable bonds is 5. The monoisotopic (exact) mass is 242 g/mol. The van der Waals surface area contributed by atoms with E-state index in [4.69, 9.17) is 21.7 Å². The van der Waals surface area contributed by atoms with E-state index >= 15 is 0 Å². The van der Waals surface area contributed by atoms with Crippen LogP contribution < -0.4 is 0 Å². The highest BCUT2D eigenvalue weighted by atomic mass is 32.2. The van der Waals surface area contributed by atoms with Crippen molar-refractivity contribution in [3.05, 3.63) is 35.9 Å². The van der Waals surface area contributed by atoms with E-state index in [1.807, 2.05) is 36.6 Å². The lowest BCUT2D eigenvalue weighted by molar-refractivity contribution is -0.0793. The highest BCUT2D eigenvalue weighted by molar-refractivity contribution is 8.01. The van der Waals surface area contributed by atoms with E-state index in [-0.39, 0.29) is 0 Å². The molecule has 0 aliphatic carbocycles. The van der Waals surface area contributed by atoms with Crippen LogP contribution in [0.2, 0.25) is 0 Å². The average Bonchev–Trinajstić information content (AvgIpc) is 2.33. The third-order valence-corrected chi connectivity index (χ3v) is 3.83. The molecule has 0 amide bonds. The van der Waals surface area contributed by atoms with Gasteiger partial charge in [-0.2, -0.15) is 0 Å². The molecule has 0 fully saturated rings. The maximum atomic E-state index is 5.38. The van der Waals surface area contributed by atoms with E-state index in [0.717, 1.165) is 5.56 Å². The maximum absolute atomic E-state index is 5.38. The normalized spacial score (nSPS) is 11.4. The molecule has 4 heteroatoms. The largest absolute Gasteiger partial charge is 0.340 e. The van der Waals surface area contributed by atoms with E-state index < -0.39 is 5.12 Å². The van der Waals surface area contributed by atoms with Gasteiger partial charge in [-0.15, -0.1) is 0 Å². The van der Waals surface area contributed by atoms with Crippen molar-refractivity contribution >= 4 is 28.8 Å². The van der Waals surface area contributed by atoms with Gasteiger partial charge < -0.3 is 9.47 Å². The topological polar surface area (TPSA) is 18.5 Å². The Bertz CT molecular complexity index is 312. The number of methoxy groups -OCH3 is 2. The van der Waals surface area contributed by atoms with Crippen molar-refractivity contribution < 1.29 is 9.47 Å². The van der Waals surface area contributed by atoms with Gasteiger partial charge in [-0.3, -0.25) is 0 Å². The molecule has 1 aromatic rings. The smallest absolute Gasteiger partial charge is 0.256 e. The predicted molar refractivity (Wildman–Crippen MR) is 68.4 cm³/mol. The van der Waals surface area contributed by atoms with Gasteiger partial charge in [0, 0.05) is 14.2 Å². The van der Waals surface area contributed by atoms with E-state index in [2.05, 4.69) is 0 Å². The number of hydrogen-bond acceptors (Lipinski definition) is 4. The van der Waals surface area contributed by atoms with Gasteiger partial charge in [0.25, 0.3) is 5.12 Å². The molecule has 0 radical (unpaired) electrons. The lowest BCUT2D eigenvalue weighted by Crippen LogP contribution is -2.38. The summed E-state index contributed by atoms with van der Waals surface area (Å²) in [5.41, 5.74) is 0.950. The summed E-state index contributed by atoms with van der Waals surface area (Å²) in [6, 6.07) is 9.74. The lowest BCUT2D eigenvalue weighted by atomic mass is 10.1. The van der Waals surface area contributed by atoms with Crippen molar-refractivity contribution in [3.8, 4) is 0 Å². The molecule has 0 heterocycles. The summed E-state index contributed by atoms with van der Waals surface area (Å²) in [6.45, 7) is 0. The van der Waals surface area contributed by atoms with Gasteiger partial charge in [-0.1, -0.05) is 54.3 Å². The fourth-order valence-corrected chi connectivity index (χ4v) is 2.48. The Morgan fingerprint density at radius 1 is 1.20 bits per heavy atom. The van der Waals surface area contributed by atoms with Crippen molar-refractivity contribution in [1.82, 2.24) is 0 Å². The number of ether oxygens (including phenoxy) is 2. The van der Waals surface area contributed by atoms with E-state index in [9.17, 15) is 0 Å². The summed E-state index contributed by atoms with van der Waals surface area (Å²) in [6.07, 6.45) is 1.90. The molecule has 0 spiro atoms. The Kier molecular flexibility index (Phi) is 4.73. The first-order chi connectivity index (χ1) is 7.20. The molecule has 15 heavy (non-hydrogen) atoms. The number of thiocarbonyl (C=S) groups is 1. The minimum Gasteiger partial charge on any atom is -0.340 e. The molecule has 1 aromatic carbocycles. The molecular weight excluding hydrogens is 228 g/mol. The van der Waals surface area contributed by atoms with Gasteiger partial charge >= 0.3 is 0 Å². The molecule has 0 unspecified atom stereocenters. The third kappa shape index (κ3) is 2.58. The minimum absolute atomic E-state index is 0.653. The average molecular weight is 242 g/mol. The zero-order valence-electron chi connectivity index (χ0n) is 9.02. The SMILES string of the molecule is COC(OC)(SC)C(=S)c1ccccc1. The fraction of sp³-hybridized carbons (Fsp3) is 0.364. The first kappa shape index (κ1) is 12.6. The molecule has 0 aliphatic heterocycles. The first-order valence-electron chi connectivity index (χ1n) is 4.45. The third-order valence-electron chi connectivity index (χ3n) is 2.12. The highest BCUT2D eigenvalue weighted by Crippen LogP contribution is 2.29. The van der Waals surface area contributed by atoms with Crippen LogP contribution in [0.3, 0.4) is 0 Å². The zero-order chi connectivity index (χ0) is 11.3. The Morgan fingerprint density at radius 3 is 2.13 bits per heavy atom. The predicted octanol–water partition coefficient (Wildman–Crippen LogP) is 2.71. The number of thioether (sulfide) groups is 1. The van der Waals surface area contributed by atoms with Crippen LogP contribution >= 0.6 is 24.0 Å². The summed E-state index contributed by atoms with van der Waals surface area (Å²) in [4.78, 5) is 0.653. The van der Waals surface area contributed by atoms with Crippen LogP contribution in [0.25, 0.3) is 0 Å². The first-order valence-corrected chi connectivity index (χ1v) is 6.08.